The summed E-state index contributed by atoms with van der Waals surface area (Å²) in [5, 5.41) is 7.45. The summed E-state index contributed by atoms with van der Waals surface area (Å²) >= 11 is 0. The fourth-order valence-electron chi connectivity index (χ4n) is 3.14. The number of amides is 1. The minimum atomic E-state index is -0.0729. The van der Waals surface area contributed by atoms with E-state index in [4.69, 9.17) is 0 Å². The molecule has 136 valence electrons. The van der Waals surface area contributed by atoms with Crippen LogP contribution in [0.4, 0.5) is 0 Å². The number of benzene rings is 1. The molecule has 0 saturated carbocycles. The molecule has 1 amide bonds. The van der Waals surface area contributed by atoms with Crippen LogP contribution in [0.1, 0.15) is 22.2 Å². The number of aryl methyl sites for hydroxylation is 1. The molecule has 1 aromatic carbocycles. The molecule has 4 rings (SSSR count). The second-order valence-electron chi connectivity index (χ2n) is 6.00. The van der Waals surface area contributed by atoms with Crippen LogP contribution in [-0.4, -0.2) is 54.8 Å². The molecule has 1 atom stereocenters. The average molecular weight is 374 g/mol. The molecule has 26 heavy (non-hydrogen) atoms. The highest BCUT2D eigenvalue weighted by atomic mass is 35.5. The van der Waals surface area contributed by atoms with Crippen LogP contribution in [-0.2, 0) is 7.05 Å². The number of hydrogen-bond donors (Lipinski definition) is 1. The van der Waals surface area contributed by atoms with Gasteiger partial charge in [-0.1, -0.05) is 0 Å². The Labute approximate surface area is 157 Å². The normalized spacial score (nSPS) is 17.0. The van der Waals surface area contributed by atoms with Gasteiger partial charge >= 0.3 is 0 Å². The van der Waals surface area contributed by atoms with E-state index in [9.17, 15) is 4.79 Å². The average Bonchev–Trinajstić information content (AvgIpc) is 3.33. The molecular formula is C17H20ClN7O. The lowest BCUT2D eigenvalue weighted by molar-refractivity contribution is 0.0621. The lowest BCUT2D eigenvalue weighted by Gasteiger charge is -2.35. The Kier molecular flexibility index (Phi) is 5.34. The predicted octanol–water partition coefficient (Wildman–Crippen LogP) is 1.21. The maximum atomic E-state index is 13.0. The number of hydrogen-bond acceptors (Lipinski definition) is 5. The molecule has 0 radical (unpaired) electrons. The van der Waals surface area contributed by atoms with Gasteiger partial charge in [-0.25, -0.2) is 14.6 Å². The predicted molar refractivity (Wildman–Crippen MR) is 98.5 cm³/mol. The minimum Gasteiger partial charge on any atom is -0.336 e. The van der Waals surface area contributed by atoms with Crippen molar-refractivity contribution in [3.05, 3.63) is 60.7 Å². The number of piperazine rings is 1. The van der Waals surface area contributed by atoms with E-state index < -0.39 is 0 Å². The van der Waals surface area contributed by atoms with Crippen LogP contribution in [0.3, 0.4) is 0 Å². The van der Waals surface area contributed by atoms with Gasteiger partial charge in [0.25, 0.3) is 5.91 Å². The first-order valence-corrected chi connectivity index (χ1v) is 8.18. The third-order valence-corrected chi connectivity index (χ3v) is 4.46. The molecule has 1 saturated heterocycles. The number of nitrogens with zero attached hydrogens (tertiary/aromatic N) is 6. The highest BCUT2D eigenvalue weighted by Gasteiger charge is 2.30. The highest BCUT2D eigenvalue weighted by Crippen LogP contribution is 2.23. The van der Waals surface area contributed by atoms with E-state index >= 15 is 0 Å². The summed E-state index contributed by atoms with van der Waals surface area (Å²) in [5.74, 6) is 0.902. The summed E-state index contributed by atoms with van der Waals surface area (Å²) in [7, 11) is 1.95. The number of halogens is 1. The van der Waals surface area contributed by atoms with Crippen LogP contribution >= 0.6 is 12.4 Å². The van der Waals surface area contributed by atoms with Crippen LogP contribution in [0, 0.1) is 0 Å². The Bertz CT molecular complexity index is 860. The van der Waals surface area contributed by atoms with Gasteiger partial charge < -0.3 is 14.8 Å². The number of imidazole rings is 1. The van der Waals surface area contributed by atoms with Gasteiger partial charge in [0.05, 0.1) is 5.69 Å². The van der Waals surface area contributed by atoms with Crippen molar-refractivity contribution in [2.45, 2.75) is 6.04 Å². The molecular weight excluding hydrogens is 354 g/mol. The van der Waals surface area contributed by atoms with E-state index in [0.717, 1.165) is 18.1 Å². The topological polar surface area (TPSA) is 80.9 Å². The van der Waals surface area contributed by atoms with Crippen molar-refractivity contribution in [3.8, 4) is 5.69 Å². The maximum absolute atomic E-state index is 13.0. The molecule has 0 spiro atoms. The van der Waals surface area contributed by atoms with E-state index in [1.54, 1.807) is 17.2 Å². The number of rotatable bonds is 3. The first-order valence-electron chi connectivity index (χ1n) is 8.18. The number of carbonyl (C=O) groups excluding carboxylic acids is 1. The molecule has 8 nitrogen and oxygen atoms in total. The summed E-state index contributed by atoms with van der Waals surface area (Å²) < 4.78 is 3.63. The van der Waals surface area contributed by atoms with Crippen LogP contribution < -0.4 is 5.32 Å². The standard InChI is InChI=1S/C17H19N7O.ClH/c1-22-8-7-20-16(22)15-10-18-6-9-23(15)17(25)13-2-4-14(5-3-13)24-12-19-11-21-24;/h2-5,7-8,11-12,15,18H,6,9-10H2,1H3;1H. The van der Waals surface area contributed by atoms with Gasteiger partial charge in [0.15, 0.2) is 0 Å². The van der Waals surface area contributed by atoms with Crippen molar-refractivity contribution in [2.24, 2.45) is 7.05 Å². The van der Waals surface area contributed by atoms with Crippen molar-refractivity contribution in [3.63, 3.8) is 0 Å². The van der Waals surface area contributed by atoms with Crippen LogP contribution in [0.2, 0.25) is 0 Å². The maximum Gasteiger partial charge on any atom is 0.254 e. The molecule has 0 bridgehead atoms. The fourth-order valence-corrected chi connectivity index (χ4v) is 3.14. The van der Waals surface area contributed by atoms with Crippen molar-refractivity contribution in [1.29, 1.82) is 0 Å². The fraction of sp³-hybridized carbons (Fsp3) is 0.294. The first-order chi connectivity index (χ1) is 12.2. The van der Waals surface area contributed by atoms with Gasteiger partial charge in [0, 0.05) is 44.6 Å². The van der Waals surface area contributed by atoms with Crippen LogP contribution in [0.15, 0.2) is 49.3 Å². The summed E-state index contributed by atoms with van der Waals surface area (Å²) in [6.07, 6.45) is 6.78. The summed E-state index contributed by atoms with van der Waals surface area (Å²) in [4.78, 5) is 23.3. The molecule has 1 aliphatic heterocycles. The third-order valence-electron chi connectivity index (χ3n) is 4.46. The Morgan fingerprint density at radius 3 is 2.73 bits per heavy atom. The summed E-state index contributed by atoms with van der Waals surface area (Å²) in [6, 6.07) is 7.34. The smallest absolute Gasteiger partial charge is 0.254 e. The zero-order valence-corrected chi connectivity index (χ0v) is 15.1. The van der Waals surface area contributed by atoms with Crippen molar-refractivity contribution >= 4 is 18.3 Å². The second kappa shape index (κ2) is 7.67. The van der Waals surface area contributed by atoms with Crippen molar-refractivity contribution in [2.75, 3.05) is 19.6 Å². The largest absolute Gasteiger partial charge is 0.336 e. The summed E-state index contributed by atoms with van der Waals surface area (Å²) in [5.41, 5.74) is 1.53. The van der Waals surface area contributed by atoms with Crippen molar-refractivity contribution < 1.29 is 4.79 Å². The van der Waals surface area contributed by atoms with E-state index in [1.165, 1.54) is 6.33 Å². The minimum absolute atomic E-state index is 0. The van der Waals surface area contributed by atoms with Gasteiger partial charge in [0.2, 0.25) is 0 Å². The van der Waals surface area contributed by atoms with Gasteiger partial charge in [-0.05, 0) is 24.3 Å². The zero-order chi connectivity index (χ0) is 17.2. The molecule has 3 heterocycles. The first kappa shape index (κ1) is 18.1. The molecule has 1 fully saturated rings. The molecule has 1 N–H and O–H groups in total. The quantitative estimate of drug-likeness (QED) is 0.746. The monoisotopic (exact) mass is 373 g/mol. The van der Waals surface area contributed by atoms with Gasteiger partial charge in [-0.3, -0.25) is 4.79 Å². The Morgan fingerprint density at radius 1 is 1.27 bits per heavy atom. The molecule has 1 aliphatic rings. The molecule has 1 unspecified atom stereocenters. The van der Waals surface area contributed by atoms with Gasteiger partial charge in [-0.2, -0.15) is 5.10 Å². The second-order valence-corrected chi connectivity index (χ2v) is 6.00. The van der Waals surface area contributed by atoms with E-state index in [1.807, 2.05) is 47.0 Å². The van der Waals surface area contributed by atoms with E-state index in [2.05, 4.69) is 20.4 Å². The van der Waals surface area contributed by atoms with Gasteiger partial charge in [0.1, 0.15) is 24.5 Å². The molecule has 3 aromatic rings. The zero-order valence-electron chi connectivity index (χ0n) is 14.3. The number of nitrogens with one attached hydrogen (secondary N) is 1. The van der Waals surface area contributed by atoms with E-state index in [0.29, 0.717) is 18.7 Å². The Hall–Kier alpha value is -2.71. The lowest BCUT2D eigenvalue weighted by Crippen LogP contribution is -2.49. The number of aromatic nitrogens is 5. The van der Waals surface area contributed by atoms with Crippen LogP contribution in [0.25, 0.3) is 5.69 Å². The molecule has 2 aromatic heterocycles. The SMILES string of the molecule is Cl.Cn1ccnc1C1CNCCN1C(=O)c1ccc(-n2cncn2)cc1. The molecule has 9 heteroatoms. The van der Waals surface area contributed by atoms with E-state index in [-0.39, 0.29) is 24.4 Å². The van der Waals surface area contributed by atoms with Gasteiger partial charge in [-0.15, -0.1) is 12.4 Å². The Morgan fingerprint density at radius 2 is 2.08 bits per heavy atom. The number of carbonyl (C=O) groups is 1. The van der Waals surface area contributed by atoms with Crippen LogP contribution in [0.5, 0.6) is 0 Å². The molecule has 0 aliphatic carbocycles. The summed E-state index contributed by atoms with van der Waals surface area (Å²) in [6.45, 7) is 2.14. The Balaban J connectivity index is 0.00000196. The highest BCUT2D eigenvalue weighted by molar-refractivity contribution is 5.94. The van der Waals surface area contributed by atoms with Crippen molar-refractivity contribution in [1.82, 2.24) is 34.5 Å². The lowest BCUT2D eigenvalue weighted by atomic mass is 10.1. The third kappa shape index (κ3) is 3.33.